The van der Waals surface area contributed by atoms with Crippen molar-refractivity contribution in [3.05, 3.63) is 29.8 Å². The molecule has 0 unspecified atom stereocenters. The molecule has 2 aliphatic rings. The van der Waals surface area contributed by atoms with Gasteiger partial charge in [-0.05, 0) is 43.6 Å². The Kier molecular flexibility index (Phi) is 6.75. The Balaban J connectivity index is 1.57. The smallest absolute Gasteiger partial charge is 0.233 e. The predicted molar refractivity (Wildman–Crippen MR) is 127 cm³/mol. The van der Waals surface area contributed by atoms with Gasteiger partial charge in [0.25, 0.3) is 0 Å². The molecule has 1 N–H and O–H groups in total. The van der Waals surface area contributed by atoms with E-state index in [0.717, 1.165) is 42.2 Å². The van der Waals surface area contributed by atoms with Crippen molar-refractivity contribution >= 4 is 17.7 Å². The number of thioether (sulfide) groups is 1. The van der Waals surface area contributed by atoms with Crippen LogP contribution in [0, 0.1) is 0 Å². The molecule has 1 aromatic heterocycles. The number of benzene rings is 1. The summed E-state index contributed by atoms with van der Waals surface area (Å²) in [4.78, 5) is 12.8. The molecule has 1 amide bonds. The lowest BCUT2D eigenvalue weighted by Gasteiger charge is -2.21. The molecule has 4 rings (SSSR count). The van der Waals surface area contributed by atoms with E-state index in [1.54, 1.807) is 11.8 Å². The lowest BCUT2D eigenvalue weighted by molar-refractivity contribution is -0.120. The quantitative estimate of drug-likeness (QED) is 0.568. The van der Waals surface area contributed by atoms with Gasteiger partial charge >= 0.3 is 0 Å². The van der Waals surface area contributed by atoms with Gasteiger partial charge in [0.05, 0.1) is 5.25 Å². The van der Waals surface area contributed by atoms with Crippen LogP contribution >= 0.6 is 11.8 Å². The first kappa shape index (κ1) is 22.4. The van der Waals surface area contributed by atoms with E-state index in [2.05, 4.69) is 65.1 Å². The summed E-state index contributed by atoms with van der Waals surface area (Å²) in [6, 6.07) is 9.50. The summed E-state index contributed by atoms with van der Waals surface area (Å²) in [6.45, 7) is 8.68. The topological polar surface area (TPSA) is 59.8 Å². The summed E-state index contributed by atoms with van der Waals surface area (Å²) in [5, 5.41) is 13.1. The number of nitrogens with zero attached hydrogens (tertiary/aromatic N) is 3. The summed E-state index contributed by atoms with van der Waals surface area (Å²) in [5.74, 6) is 1.05. The highest BCUT2D eigenvalue weighted by Crippen LogP contribution is 2.38. The second kappa shape index (κ2) is 9.35. The van der Waals surface area contributed by atoms with Crippen LogP contribution in [0.1, 0.15) is 90.7 Å². The summed E-state index contributed by atoms with van der Waals surface area (Å²) < 4.78 is 2.31. The predicted octanol–water partition coefficient (Wildman–Crippen LogP) is 5.90. The molecule has 0 aliphatic heterocycles. The third kappa shape index (κ3) is 5.16. The molecule has 1 heterocycles. The highest BCUT2D eigenvalue weighted by atomic mass is 32.2. The Labute approximate surface area is 190 Å². The molecule has 0 radical (unpaired) electrons. The van der Waals surface area contributed by atoms with Gasteiger partial charge in [-0.3, -0.25) is 9.36 Å². The lowest BCUT2D eigenvalue weighted by atomic mass is 9.86. The number of hydrogen-bond acceptors (Lipinski definition) is 4. The number of carbonyl (C=O) groups is 1. The van der Waals surface area contributed by atoms with Gasteiger partial charge < -0.3 is 5.32 Å². The summed E-state index contributed by atoms with van der Waals surface area (Å²) in [7, 11) is 0. The average molecular weight is 441 g/mol. The van der Waals surface area contributed by atoms with Crippen molar-refractivity contribution in [2.45, 2.75) is 107 Å². The van der Waals surface area contributed by atoms with Crippen LogP contribution in [0.15, 0.2) is 29.4 Å². The average Bonchev–Trinajstić information content (AvgIpc) is 3.49. The number of hydrogen-bond donors (Lipinski definition) is 1. The van der Waals surface area contributed by atoms with Crippen LogP contribution in [0.2, 0.25) is 0 Å². The first-order chi connectivity index (χ1) is 14.8. The molecule has 1 aromatic carbocycles. The van der Waals surface area contributed by atoms with Gasteiger partial charge in [-0.2, -0.15) is 0 Å². The van der Waals surface area contributed by atoms with E-state index in [1.165, 1.54) is 31.2 Å². The maximum Gasteiger partial charge on any atom is 0.233 e. The van der Waals surface area contributed by atoms with Gasteiger partial charge in [0.15, 0.2) is 11.0 Å². The van der Waals surface area contributed by atoms with Crippen molar-refractivity contribution in [3.63, 3.8) is 0 Å². The van der Waals surface area contributed by atoms with Crippen LogP contribution in [0.4, 0.5) is 0 Å². The molecule has 2 aliphatic carbocycles. The lowest BCUT2D eigenvalue weighted by Crippen LogP contribution is -2.37. The molecule has 0 bridgehead atoms. The molecular weight excluding hydrogens is 404 g/mol. The number of nitrogens with one attached hydrogen (secondary N) is 1. The van der Waals surface area contributed by atoms with Gasteiger partial charge in [-0.25, -0.2) is 0 Å². The van der Waals surface area contributed by atoms with Gasteiger partial charge in [-0.1, -0.05) is 82.5 Å². The SMILES string of the molecule is C[C@@H](Sc1nnc(-c2ccc(C(C)(C)C)cc2)n1C1CCCC1)C(=O)NC1CCCC1. The second-order valence-corrected chi connectivity index (χ2v) is 11.5. The standard InChI is InChI=1S/C25H36N4OS/c1-17(23(30)26-20-9-5-6-10-20)31-24-28-27-22(29(24)21-11-7-8-12-21)18-13-15-19(16-14-18)25(2,3)4/h13-17,20-21H,5-12H2,1-4H3,(H,26,30)/t17-/m1/s1. The molecule has 168 valence electrons. The molecule has 2 fully saturated rings. The van der Waals surface area contributed by atoms with Crippen LogP contribution in [0.5, 0.6) is 0 Å². The largest absolute Gasteiger partial charge is 0.352 e. The molecule has 5 nitrogen and oxygen atoms in total. The fraction of sp³-hybridized carbons (Fsp3) is 0.640. The maximum absolute atomic E-state index is 12.8. The van der Waals surface area contributed by atoms with Crippen molar-refractivity contribution in [3.8, 4) is 11.4 Å². The number of aromatic nitrogens is 3. The van der Waals surface area contributed by atoms with Crippen molar-refractivity contribution in [2.75, 3.05) is 0 Å². The number of carbonyl (C=O) groups excluding carboxylic acids is 1. The minimum absolute atomic E-state index is 0.119. The molecular formula is C25H36N4OS. The van der Waals surface area contributed by atoms with E-state index in [4.69, 9.17) is 0 Å². The van der Waals surface area contributed by atoms with E-state index in [1.807, 2.05) is 6.92 Å². The van der Waals surface area contributed by atoms with Crippen molar-refractivity contribution in [2.24, 2.45) is 0 Å². The molecule has 6 heteroatoms. The minimum atomic E-state index is -0.180. The van der Waals surface area contributed by atoms with Crippen molar-refractivity contribution < 1.29 is 4.79 Å². The first-order valence-electron chi connectivity index (χ1n) is 11.9. The molecule has 1 atom stereocenters. The number of rotatable bonds is 6. The summed E-state index contributed by atoms with van der Waals surface area (Å²) >= 11 is 1.55. The van der Waals surface area contributed by atoms with Crippen LogP contribution in [-0.4, -0.2) is 32.0 Å². The van der Waals surface area contributed by atoms with Gasteiger partial charge in [0.1, 0.15) is 0 Å². The molecule has 0 saturated heterocycles. The maximum atomic E-state index is 12.8. The van der Waals surface area contributed by atoms with E-state index in [9.17, 15) is 4.79 Å². The second-order valence-electron chi connectivity index (χ2n) is 10.2. The zero-order chi connectivity index (χ0) is 22.0. The van der Waals surface area contributed by atoms with Gasteiger partial charge in [-0.15, -0.1) is 10.2 Å². The van der Waals surface area contributed by atoms with Crippen molar-refractivity contribution in [1.82, 2.24) is 20.1 Å². The van der Waals surface area contributed by atoms with E-state index < -0.39 is 0 Å². The Bertz CT molecular complexity index is 887. The summed E-state index contributed by atoms with van der Waals surface area (Å²) in [5.41, 5.74) is 2.54. The Morgan fingerprint density at radius 3 is 2.26 bits per heavy atom. The van der Waals surface area contributed by atoms with E-state index >= 15 is 0 Å². The van der Waals surface area contributed by atoms with Crippen LogP contribution < -0.4 is 5.32 Å². The monoisotopic (exact) mass is 440 g/mol. The van der Waals surface area contributed by atoms with E-state index in [0.29, 0.717) is 12.1 Å². The minimum Gasteiger partial charge on any atom is -0.352 e. The molecule has 2 aromatic rings. The Morgan fingerprint density at radius 1 is 1.03 bits per heavy atom. The van der Waals surface area contributed by atoms with Crippen LogP contribution in [0.3, 0.4) is 0 Å². The highest BCUT2D eigenvalue weighted by Gasteiger charge is 2.28. The molecule has 2 saturated carbocycles. The van der Waals surface area contributed by atoms with Gasteiger partial charge in [0, 0.05) is 17.6 Å². The third-order valence-corrected chi connectivity index (χ3v) is 7.77. The fourth-order valence-corrected chi connectivity index (χ4v) is 5.69. The highest BCUT2D eigenvalue weighted by molar-refractivity contribution is 8.00. The van der Waals surface area contributed by atoms with Crippen molar-refractivity contribution in [1.29, 1.82) is 0 Å². The van der Waals surface area contributed by atoms with Crippen LogP contribution in [0.25, 0.3) is 11.4 Å². The Morgan fingerprint density at radius 2 is 1.65 bits per heavy atom. The zero-order valence-corrected chi connectivity index (χ0v) is 20.2. The zero-order valence-electron chi connectivity index (χ0n) is 19.4. The van der Waals surface area contributed by atoms with Crippen LogP contribution in [-0.2, 0) is 10.2 Å². The first-order valence-corrected chi connectivity index (χ1v) is 12.7. The van der Waals surface area contributed by atoms with E-state index in [-0.39, 0.29) is 16.6 Å². The fourth-order valence-electron chi connectivity index (χ4n) is 4.77. The molecule has 0 spiro atoms. The number of amides is 1. The normalized spacial score (nSPS) is 19.1. The molecule has 31 heavy (non-hydrogen) atoms. The third-order valence-electron chi connectivity index (χ3n) is 6.72. The van der Waals surface area contributed by atoms with Gasteiger partial charge in [0.2, 0.25) is 5.91 Å². The summed E-state index contributed by atoms with van der Waals surface area (Å²) in [6.07, 6.45) is 9.45. The Hall–Kier alpha value is -1.82.